The summed E-state index contributed by atoms with van der Waals surface area (Å²) < 4.78 is 4.50. The van der Waals surface area contributed by atoms with Gasteiger partial charge in [-0.05, 0) is 12.1 Å². The zero-order chi connectivity index (χ0) is 13.2. The number of esters is 1. The van der Waals surface area contributed by atoms with Crippen molar-refractivity contribution in [2.45, 2.75) is 22.7 Å². The molecule has 1 amide bonds. The van der Waals surface area contributed by atoms with Crippen LogP contribution in [-0.4, -0.2) is 29.0 Å². The number of rotatable bonds is 3. The van der Waals surface area contributed by atoms with Crippen LogP contribution in [-0.2, 0) is 14.3 Å². The molecule has 0 radical (unpaired) electrons. The molecule has 6 heteroatoms. The van der Waals surface area contributed by atoms with Crippen LogP contribution in [0.3, 0.4) is 0 Å². The van der Waals surface area contributed by atoms with Crippen molar-refractivity contribution in [2.24, 2.45) is 0 Å². The molecular weight excluding hydrogens is 254 g/mol. The van der Waals surface area contributed by atoms with Crippen molar-refractivity contribution in [1.29, 1.82) is 0 Å². The van der Waals surface area contributed by atoms with Gasteiger partial charge in [0, 0.05) is 17.7 Å². The minimum absolute atomic E-state index is 0.00438. The molecule has 2 rings (SSSR count). The number of methoxy groups -OCH3 is 1. The number of anilines is 1. The molecule has 0 aromatic heterocycles. The summed E-state index contributed by atoms with van der Waals surface area (Å²) in [6.07, 6.45) is 0.0140. The van der Waals surface area contributed by atoms with Crippen molar-refractivity contribution in [3.63, 3.8) is 0 Å². The van der Waals surface area contributed by atoms with Gasteiger partial charge in [0.05, 0.1) is 12.8 Å². The molecule has 1 aromatic rings. The van der Waals surface area contributed by atoms with Gasteiger partial charge < -0.3 is 15.2 Å². The number of hydrogen-bond acceptors (Lipinski definition) is 5. The van der Waals surface area contributed by atoms with Crippen LogP contribution in [0.1, 0.15) is 12.8 Å². The molecule has 1 heterocycles. The number of hydrogen-bond donors (Lipinski definition) is 2. The third-order valence-corrected chi connectivity index (χ3v) is 3.97. The van der Waals surface area contributed by atoms with Crippen LogP contribution < -0.4 is 5.32 Å². The Balaban J connectivity index is 2.15. The largest absolute Gasteiger partial charge is 0.469 e. The van der Waals surface area contributed by atoms with Gasteiger partial charge >= 0.3 is 5.97 Å². The second kappa shape index (κ2) is 4.99. The number of carbonyl (C=O) groups excluding carboxylic acids is 2. The number of nitrogens with one attached hydrogen (secondary N) is 1. The highest BCUT2D eigenvalue weighted by atomic mass is 32.2. The molecule has 0 saturated carbocycles. The minimum Gasteiger partial charge on any atom is -0.469 e. The van der Waals surface area contributed by atoms with Crippen molar-refractivity contribution in [1.82, 2.24) is 0 Å². The average molecular weight is 267 g/mol. The Morgan fingerprint density at radius 2 is 2.22 bits per heavy atom. The molecule has 18 heavy (non-hydrogen) atoms. The number of aliphatic hydroxyl groups is 1. The van der Waals surface area contributed by atoms with Crippen molar-refractivity contribution in [3.05, 3.63) is 24.3 Å². The highest BCUT2D eigenvalue weighted by Gasteiger charge is 2.41. The molecule has 5 nitrogen and oxygen atoms in total. The van der Waals surface area contributed by atoms with Crippen molar-refractivity contribution >= 4 is 29.3 Å². The van der Waals surface area contributed by atoms with Crippen molar-refractivity contribution < 1.29 is 19.4 Å². The maximum Gasteiger partial charge on any atom is 0.305 e. The predicted molar refractivity (Wildman–Crippen MR) is 67.1 cm³/mol. The van der Waals surface area contributed by atoms with Crippen LogP contribution in [0.4, 0.5) is 5.69 Å². The van der Waals surface area contributed by atoms with Gasteiger partial charge in [0.15, 0.2) is 4.93 Å². The van der Waals surface area contributed by atoms with E-state index in [1.807, 2.05) is 12.1 Å². The third-order valence-electron chi connectivity index (χ3n) is 2.66. The summed E-state index contributed by atoms with van der Waals surface area (Å²) in [6, 6.07) is 7.20. The number of benzene rings is 1. The van der Waals surface area contributed by atoms with Crippen LogP contribution in [0.5, 0.6) is 0 Å². The van der Waals surface area contributed by atoms with E-state index in [2.05, 4.69) is 10.1 Å². The number of amides is 1. The molecule has 0 aliphatic carbocycles. The van der Waals surface area contributed by atoms with Gasteiger partial charge in [0.2, 0.25) is 0 Å². The summed E-state index contributed by atoms with van der Waals surface area (Å²) in [6.45, 7) is 0. The summed E-state index contributed by atoms with van der Waals surface area (Å²) in [5, 5.41) is 12.9. The molecular formula is C12H13NO4S. The highest BCUT2D eigenvalue weighted by molar-refractivity contribution is 8.01. The summed E-state index contributed by atoms with van der Waals surface area (Å²) in [5.74, 6) is -0.953. The number of para-hydroxylation sites is 1. The standard InChI is InChI=1S/C12H13NO4S/c1-17-10(14)6-7-12(16)11(15)13-8-4-2-3-5-9(8)18-12/h2-5,16H,6-7H2,1H3,(H,13,15)/t12-/m0/s1. The monoisotopic (exact) mass is 267 g/mol. The molecule has 0 saturated heterocycles. The first-order valence-electron chi connectivity index (χ1n) is 5.44. The topological polar surface area (TPSA) is 75.6 Å². The van der Waals surface area contributed by atoms with Crippen LogP contribution in [0, 0.1) is 0 Å². The van der Waals surface area contributed by atoms with Crippen LogP contribution >= 0.6 is 11.8 Å². The lowest BCUT2D eigenvalue weighted by Crippen LogP contribution is -2.42. The Kier molecular flexibility index (Phi) is 3.58. The normalized spacial score (nSPS) is 22.0. The number of ether oxygens (including phenoxy) is 1. The number of thioether (sulfide) groups is 1. The lowest BCUT2D eigenvalue weighted by atomic mass is 10.1. The molecule has 2 N–H and O–H groups in total. The zero-order valence-corrected chi connectivity index (χ0v) is 10.6. The van der Waals surface area contributed by atoms with E-state index >= 15 is 0 Å². The summed E-state index contributed by atoms with van der Waals surface area (Å²) in [7, 11) is 1.27. The van der Waals surface area contributed by atoms with Gasteiger partial charge in [0.1, 0.15) is 0 Å². The van der Waals surface area contributed by atoms with Gasteiger partial charge in [-0.25, -0.2) is 0 Å². The fraction of sp³-hybridized carbons (Fsp3) is 0.333. The zero-order valence-electron chi connectivity index (χ0n) is 9.80. The molecule has 0 unspecified atom stereocenters. The molecule has 1 aromatic carbocycles. The van der Waals surface area contributed by atoms with Crippen LogP contribution in [0.25, 0.3) is 0 Å². The highest BCUT2D eigenvalue weighted by Crippen LogP contribution is 2.43. The molecule has 0 spiro atoms. The second-order valence-electron chi connectivity index (χ2n) is 3.91. The minimum atomic E-state index is -1.62. The third kappa shape index (κ3) is 2.49. The van der Waals surface area contributed by atoms with E-state index in [-0.39, 0.29) is 12.8 Å². The smallest absolute Gasteiger partial charge is 0.305 e. The fourth-order valence-electron chi connectivity index (χ4n) is 1.65. The summed E-state index contributed by atoms with van der Waals surface area (Å²) in [5.41, 5.74) is 0.676. The van der Waals surface area contributed by atoms with Gasteiger partial charge in [0.25, 0.3) is 5.91 Å². The number of fused-ring (bicyclic) bond motifs is 1. The molecule has 0 bridgehead atoms. The summed E-state index contributed by atoms with van der Waals surface area (Å²) in [4.78, 5) is 22.1. The molecule has 1 aliphatic rings. The first-order chi connectivity index (χ1) is 8.55. The van der Waals surface area contributed by atoms with E-state index < -0.39 is 16.8 Å². The van der Waals surface area contributed by atoms with E-state index in [4.69, 9.17) is 0 Å². The Bertz CT molecular complexity index is 491. The van der Waals surface area contributed by atoms with Crippen molar-refractivity contribution in [3.8, 4) is 0 Å². The van der Waals surface area contributed by atoms with Gasteiger partial charge in [-0.3, -0.25) is 9.59 Å². The van der Waals surface area contributed by atoms with Gasteiger partial charge in [-0.15, -0.1) is 0 Å². The van der Waals surface area contributed by atoms with Gasteiger partial charge in [-0.1, -0.05) is 23.9 Å². The first kappa shape index (κ1) is 12.9. The van der Waals surface area contributed by atoms with E-state index in [1.54, 1.807) is 12.1 Å². The fourth-order valence-corrected chi connectivity index (χ4v) is 2.73. The lowest BCUT2D eigenvalue weighted by molar-refractivity contribution is -0.141. The predicted octanol–water partition coefficient (Wildman–Crippen LogP) is 1.37. The molecule has 0 fully saturated rings. The van der Waals surface area contributed by atoms with Crippen molar-refractivity contribution in [2.75, 3.05) is 12.4 Å². The maximum absolute atomic E-state index is 11.8. The maximum atomic E-state index is 11.8. The lowest BCUT2D eigenvalue weighted by Gasteiger charge is -2.31. The molecule has 96 valence electrons. The molecule has 1 aliphatic heterocycles. The Morgan fingerprint density at radius 1 is 1.50 bits per heavy atom. The van der Waals surface area contributed by atoms with Crippen LogP contribution in [0.15, 0.2) is 29.2 Å². The first-order valence-corrected chi connectivity index (χ1v) is 6.25. The Morgan fingerprint density at radius 3 is 2.94 bits per heavy atom. The van der Waals surface area contributed by atoms with E-state index in [0.29, 0.717) is 5.69 Å². The Labute approximate surface area is 109 Å². The van der Waals surface area contributed by atoms with Gasteiger partial charge in [-0.2, -0.15) is 0 Å². The second-order valence-corrected chi connectivity index (χ2v) is 5.23. The average Bonchev–Trinajstić information content (AvgIpc) is 2.37. The Hall–Kier alpha value is -1.53. The molecule has 1 atom stereocenters. The SMILES string of the molecule is COC(=O)CC[C@]1(O)Sc2ccccc2NC1=O. The summed E-state index contributed by atoms with van der Waals surface area (Å²) >= 11 is 1.06. The van der Waals surface area contributed by atoms with Crippen LogP contribution in [0.2, 0.25) is 0 Å². The number of carbonyl (C=O) groups is 2. The quantitative estimate of drug-likeness (QED) is 0.809. The van der Waals surface area contributed by atoms with E-state index in [1.165, 1.54) is 7.11 Å². The van der Waals surface area contributed by atoms with E-state index in [0.717, 1.165) is 16.7 Å². The van der Waals surface area contributed by atoms with E-state index in [9.17, 15) is 14.7 Å².